The Balaban J connectivity index is 1.69. The Morgan fingerprint density at radius 2 is 2.00 bits per heavy atom. The number of thioether (sulfide) groups is 1. The molecule has 1 N–H and O–H groups in total. The van der Waals surface area contributed by atoms with E-state index in [0.29, 0.717) is 15.1 Å². The highest BCUT2D eigenvalue weighted by Gasteiger charge is 2.24. The van der Waals surface area contributed by atoms with E-state index < -0.39 is 0 Å². The molecule has 1 aliphatic heterocycles. The molecule has 1 saturated heterocycles. The Morgan fingerprint density at radius 3 is 2.85 bits per heavy atom. The summed E-state index contributed by atoms with van der Waals surface area (Å²) in [5.74, 6) is -0.138. The molecule has 1 aliphatic rings. The monoisotopic (exact) mass is 381 g/mol. The Morgan fingerprint density at radius 1 is 1.19 bits per heavy atom. The SMILES string of the molecule is Cc1c(Cl)cccc1N=C1NC(=O)/C(=C/c2cn(C)c3ccccc23)S1. The lowest BCUT2D eigenvalue weighted by Gasteiger charge is -2.02. The molecule has 6 heteroatoms. The number of fused-ring (bicyclic) bond motifs is 1. The first-order valence-corrected chi connectivity index (χ1v) is 9.31. The highest BCUT2D eigenvalue weighted by molar-refractivity contribution is 8.18. The third kappa shape index (κ3) is 3.04. The van der Waals surface area contributed by atoms with Gasteiger partial charge in [0.15, 0.2) is 5.17 Å². The molecule has 26 heavy (non-hydrogen) atoms. The first kappa shape index (κ1) is 16.9. The standard InChI is InChI=1S/C20H16ClN3OS/c1-12-15(21)7-5-8-16(12)22-20-23-19(25)18(26-20)10-13-11-24(2)17-9-4-3-6-14(13)17/h3-11H,1-2H3,(H,22,23,25)/b18-10-. The molecule has 0 saturated carbocycles. The quantitative estimate of drug-likeness (QED) is 0.632. The van der Waals surface area contributed by atoms with Crippen LogP contribution in [0.2, 0.25) is 5.02 Å². The Labute approximate surface area is 160 Å². The zero-order valence-corrected chi connectivity index (χ0v) is 15.9. The van der Waals surface area contributed by atoms with Gasteiger partial charge in [-0.05, 0) is 48.5 Å². The fourth-order valence-electron chi connectivity index (χ4n) is 2.94. The number of para-hydroxylation sites is 1. The second kappa shape index (κ2) is 6.67. The molecule has 0 bridgehead atoms. The smallest absolute Gasteiger partial charge is 0.264 e. The molecule has 0 spiro atoms. The normalized spacial score (nSPS) is 17.4. The fourth-order valence-corrected chi connectivity index (χ4v) is 3.93. The molecule has 1 aromatic heterocycles. The summed E-state index contributed by atoms with van der Waals surface area (Å²) in [7, 11) is 2.00. The van der Waals surface area contributed by atoms with Gasteiger partial charge >= 0.3 is 0 Å². The Hall–Kier alpha value is -2.50. The number of carbonyl (C=O) groups is 1. The van der Waals surface area contributed by atoms with Gasteiger partial charge in [-0.1, -0.05) is 35.9 Å². The number of halogens is 1. The number of rotatable bonds is 2. The van der Waals surface area contributed by atoms with Gasteiger partial charge in [0.2, 0.25) is 0 Å². The largest absolute Gasteiger partial charge is 0.350 e. The minimum atomic E-state index is -0.138. The average molecular weight is 382 g/mol. The van der Waals surface area contributed by atoms with Crippen LogP contribution in [0.15, 0.2) is 58.6 Å². The number of aryl methyl sites for hydroxylation is 1. The van der Waals surface area contributed by atoms with Crippen molar-refractivity contribution in [2.24, 2.45) is 12.0 Å². The number of aromatic nitrogens is 1. The molecule has 0 unspecified atom stereocenters. The van der Waals surface area contributed by atoms with E-state index in [2.05, 4.69) is 27.0 Å². The third-order valence-electron chi connectivity index (χ3n) is 4.33. The minimum Gasteiger partial charge on any atom is -0.350 e. The number of amides is 1. The minimum absolute atomic E-state index is 0.138. The van der Waals surface area contributed by atoms with E-state index >= 15 is 0 Å². The van der Waals surface area contributed by atoms with E-state index in [-0.39, 0.29) is 5.91 Å². The zero-order valence-electron chi connectivity index (χ0n) is 14.3. The number of nitrogens with one attached hydrogen (secondary N) is 1. The Kier molecular flexibility index (Phi) is 4.34. The lowest BCUT2D eigenvalue weighted by molar-refractivity contribution is -0.115. The summed E-state index contributed by atoms with van der Waals surface area (Å²) in [4.78, 5) is 17.5. The molecular formula is C20H16ClN3OS. The molecule has 1 amide bonds. The molecule has 0 radical (unpaired) electrons. The molecule has 130 valence electrons. The summed E-state index contributed by atoms with van der Waals surface area (Å²) in [5.41, 5.74) is 3.79. The second-order valence-electron chi connectivity index (χ2n) is 6.08. The lowest BCUT2D eigenvalue weighted by atomic mass is 10.1. The molecule has 4 nitrogen and oxygen atoms in total. The van der Waals surface area contributed by atoms with Crippen molar-refractivity contribution in [1.82, 2.24) is 9.88 Å². The maximum absolute atomic E-state index is 12.4. The number of amidine groups is 1. The van der Waals surface area contributed by atoms with Crippen molar-refractivity contribution >= 4 is 57.1 Å². The van der Waals surface area contributed by atoms with E-state index in [4.69, 9.17) is 11.6 Å². The van der Waals surface area contributed by atoms with Crippen molar-refractivity contribution < 1.29 is 4.79 Å². The summed E-state index contributed by atoms with van der Waals surface area (Å²) >= 11 is 7.48. The summed E-state index contributed by atoms with van der Waals surface area (Å²) in [6.45, 7) is 1.91. The number of carbonyl (C=O) groups excluding carboxylic acids is 1. The van der Waals surface area contributed by atoms with Gasteiger partial charge in [0.05, 0.1) is 10.6 Å². The van der Waals surface area contributed by atoms with E-state index in [1.165, 1.54) is 11.8 Å². The van der Waals surface area contributed by atoms with Crippen LogP contribution in [0.4, 0.5) is 5.69 Å². The summed E-state index contributed by atoms with van der Waals surface area (Å²) in [6, 6.07) is 13.7. The van der Waals surface area contributed by atoms with Crippen LogP contribution in [0.1, 0.15) is 11.1 Å². The van der Waals surface area contributed by atoms with Crippen molar-refractivity contribution in [2.45, 2.75) is 6.92 Å². The number of nitrogens with zero attached hydrogens (tertiary/aromatic N) is 2. The van der Waals surface area contributed by atoms with Crippen molar-refractivity contribution in [1.29, 1.82) is 0 Å². The van der Waals surface area contributed by atoms with Crippen molar-refractivity contribution in [3.63, 3.8) is 0 Å². The van der Waals surface area contributed by atoms with Gasteiger partial charge in [-0.2, -0.15) is 0 Å². The van der Waals surface area contributed by atoms with Crippen LogP contribution in [0, 0.1) is 6.92 Å². The summed E-state index contributed by atoms with van der Waals surface area (Å²) < 4.78 is 2.06. The number of benzene rings is 2. The average Bonchev–Trinajstić information content (AvgIpc) is 3.13. The highest BCUT2D eigenvalue weighted by Crippen LogP contribution is 2.32. The van der Waals surface area contributed by atoms with Crippen molar-refractivity contribution in [2.75, 3.05) is 0 Å². The molecule has 0 atom stereocenters. The molecule has 3 aromatic rings. The summed E-state index contributed by atoms with van der Waals surface area (Å²) in [6.07, 6.45) is 3.94. The second-order valence-corrected chi connectivity index (χ2v) is 7.52. The number of aliphatic imine (C=N–C) groups is 1. The number of hydrogen-bond acceptors (Lipinski definition) is 3. The maximum Gasteiger partial charge on any atom is 0.264 e. The van der Waals surface area contributed by atoms with E-state index in [9.17, 15) is 4.79 Å². The predicted molar refractivity (Wildman–Crippen MR) is 110 cm³/mol. The van der Waals surface area contributed by atoms with Crippen molar-refractivity contribution in [3.05, 3.63) is 69.7 Å². The van der Waals surface area contributed by atoms with Gasteiger partial charge < -0.3 is 9.88 Å². The first-order chi connectivity index (χ1) is 12.5. The van der Waals surface area contributed by atoms with Gasteiger partial charge in [0.1, 0.15) is 0 Å². The fraction of sp³-hybridized carbons (Fsp3) is 0.100. The van der Waals surface area contributed by atoms with Crippen LogP contribution in [-0.4, -0.2) is 15.6 Å². The molecule has 1 fully saturated rings. The molecular weight excluding hydrogens is 366 g/mol. The molecule has 0 aliphatic carbocycles. The van der Waals surface area contributed by atoms with E-state index in [1.807, 2.05) is 56.6 Å². The summed E-state index contributed by atoms with van der Waals surface area (Å²) in [5, 5.41) is 5.17. The topological polar surface area (TPSA) is 46.4 Å². The first-order valence-electron chi connectivity index (χ1n) is 8.11. The third-order valence-corrected chi connectivity index (χ3v) is 5.65. The van der Waals surface area contributed by atoms with Gasteiger partial charge in [0.25, 0.3) is 5.91 Å². The van der Waals surface area contributed by atoms with Gasteiger partial charge in [-0.15, -0.1) is 0 Å². The maximum atomic E-state index is 12.4. The number of hydrogen-bond donors (Lipinski definition) is 1. The van der Waals surface area contributed by atoms with Crippen molar-refractivity contribution in [3.8, 4) is 0 Å². The van der Waals surface area contributed by atoms with Crippen LogP contribution in [-0.2, 0) is 11.8 Å². The van der Waals surface area contributed by atoms with E-state index in [1.54, 1.807) is 0 Å². The molecule has 2 heterocycles. The van der Waals surface area contributed by atoms with Crippen LogP contribution in [0.5, 0.6) is 0 Å². The highest BCUT2D eigenvalue weighted by atomic mass is 35.5. The molecule has 2 aromatic carbocycles. The van der Waals surface area contributed by atoms with Gasteiger partial charge in [-0.25, -0.2) is 4.99 Å². The van der Waals surface area contributed by atoms with E-state index in [0.717, 1.165) is 27.7 Å². The van der Waals surface area contributed by atoms with Gasteiger partial charge in [-0.3, -0.25) is 4.79 Å². The lowest BCUT2D eigenvalue weighted by Crippen LogP contribution is -2.19. The van der Waals surface area contributed by atoms with Crippen LogP contribution < -0.4 is 5.32 Å². The Bertz CT molecular complexity index is 1100. The van der Waals surface area contributed by atoms with Crippen LogP contribution in [0.3, 0.4) is 0 Å². The molecule has 4 rings (SSSR count). The van der Waals surface area contributed by atoms with Gasteiger partial charge in [0, 0.05) is 34.7 Å². The van der Waals surface area contributed by atoms with Crippen LogP contribution >= 0.6 is 23.4 Å². The predicted octanol–water partition coefficient (Wildman–Crippen LogP) is 5.03. The van der Waals surface area contributed by atoms with Crippen LogP contribution in [0.25, 0.3) is 17.0 Å². The zero-order chi connectivity index (χ0) is 18.3.